The normalized spacial score (nSPS) is 10.9. The smallest absolute Gasteiger partial charge is 0.104 e. The highest BCUT2D eigenvalue weighted by molar-refractivity contribution is 5.20. The second-order valence-corrected chi connectivity index (χ2v) is 4.59. The molecule has 0 atom stereocenters. The number of hydrogen-bond donors (Lipinski definition) is 1. The Kier molecular flexibility index (Phi) is 6.10. The molecular weight excluding hydrogens is 252 g/mol. The molecule has 0 radical (unpaired) electrons. The molecule has 0 amide bonds. The van der Waals surface area contributed by atoms with E-state index in [4.69, 9.17) is 5.73 Å². The monoisotopic (exact) mass is 272 g/mol. The van der Waals surface area contributed by atoms with Crippen LogP contribution in [0.25, 0.3) is 0 Å². The van der Waals surface area contributed by atoms with E-state index in [0.29, 0.717) is 0 Å². The lowest BCUT2D eigenvalue weighted by Gasteiger charge is -2.29. The van der Waals surface area contributed by atoms with E-state index in [-0.39, 0.29) is 17.0 Å². The fourth-order valence-electron chi connectivity index (χ4n) is 1.62. The number of benzene rings is 1. The summed E-state index contributed by atoms with van der Waals surface area (Å²) in [5, 5.41) is 0. The minimum absolute atomic E-state index is 0. The summed E-state index contributed by atoms with van der Waals surface area (Å²) in [5.41, 5.74) is 8.28. The highest BCUT2D eigenvalue weighted by Gasteiger charge is 2.13. The molecule has 0 fully saturated rings. The summed E-state index contributed by atoms with van der Waals surface area (Å²) in [6.45, 7) is 4.94. The number of halogens is 1. The highest BCUT2D eigenvalue weighted by atomic mass is 79.9. The van der Waals surface area contributed by atoms with Crippen LogP contribution in [-0.2, 0) is 6.54 Å². The van der Waals surface area contributed by atoms with Gasteiger partial charge in [0, 0.05) is 12.1 Å². The Bertz CT molecular complexity index is 280. The maximum absolute atomic E-state index is 5.58. The van der Waals surface area contributed by atoms with Gasteiger partial charge >= 0.3 is 0 Å². The molecule has 0 unspecified atom stereocenters. The van der Waals surface area contributed by atoms with Gasteiger partial charge < -0.3 is 27.2 Å². The molecule has 0 aromatic heterocycles. The van der Waals surface area contributed by atoms with Gasteiger partial charge in [0.1, 0.15) is 6.54 Å². The van der Waals surface area contributed by atoms with E-state index < -0.39 is 0 Å². The SMILES string of the molecule is Cc1ccc(C[N+](C)(C)CCN)cc1.[Br-]. The minimum atomic E-state index is 0. The maximum atomic E-state index is 5.58. The van der Waals surface area contributed by atoms with Crippen LogP contribution in [0, 0.1) is 6.92 Å². The molecule has 3 heteroatoms. The molecule has 1 aromatic rings. The van der Waals surface area contributed by atoms with Crippen molar-refractivity contribution in [1.29, 1.82) is 0 Å². The predicted molar refractivity (Wildman–Crippen MR) is 60.9 cm³/mol. The van der Waals surface area contributed by atoms with Crippen LogP contribution in [0.1, 0.15) is 11.1 Å². The van der Waals surface area contributed by atoms with Crippen molar-refractivity contribution < 1.29 is 21.5 Å². The van der Waals surface area contributed by atoms with Crippen LogP contribution in [-0.4, -0.2) is 31.7 Å². The van der Waals surface area contributed by atoms with Crippen LogP contribution in [0.15, 0.2) is 24.3 Å². The van der Waals surface area contributed by atoms with Crippen LogP contribution in [0.3, 0.4) is 0 Å². The van der Waals surface area contributed by atoms with E-state index in [2.05, 4.69) is 45.3 Å². The summed E-state index contributed by atoms with van der Waals surface area (Å²) in [5.74, 6) is 0. The third-order valence-corrected chi connectivity index (χ3v) is 2.47. The van der Waals surface area contributed by atoms with Gasteiger partial charge in [-0.2, -0.15) is 0 Å². The Hall–Kier alpha value is -0.380. The summed E-state index contributed by atoms with van der Waals surface area (Å²) in [6, 6.07) is 8.73. The van der Waals surface area contributed by atoms with Gasteiger partial charge in [0.05, 0.1) is 20.6 Å². The Balaban J connectivity index is 0.00000196. The van der Waals surface area contributed by atoms with Crippen LogP contribution in [0.5, 0.6) is 0 Å². The van der Waals surface area contributed by atoms with Gasteiger partial charge in [0.25, 0.3) is 0 Å². The van der Waals surface area contributed by atoms with E-state index in [1.165, 1.54) is 11.1 Å². The first-order chi connectivity index (χ1) is 6.53. The summed E-state index contributed by atoms with van der Waals surface area (Å²) in [4.78, 5) is 0. The van der Waals surface area contributed by atoms with E-state index in [1.807, 2.05) is 0 Å². The number of quaternary nitrogens is 1. The zero-order valence-corrected chi connectivity index (χ0v) is 11.4. The number of nitrogens with zero attached hydrogens (tertiary/aromatic N) is 1. The van der Waals surface area contributed by atoms with Crippen molar-refractivity contribution in [3.8, 4) is 0 Å². The molecular formula is C12H21BrN2. The number of hydrogen-bond acceptors (Lipinski definition) is 1. The first-order valence-corrected chi connectivity index (χ1v) is 5.11. The maximum Gasteiger partial charge on any atom is 0.104 e. The van der Waals surface area contributed by atoms with Gasteiger partial charge in [-0.25, -0.2) is 0 Å². The van der Waals surface area contributed by atoms with Gasteiger partial charge in [-0.3, -0.25) is 0 Å². The van der Waals surface area contributed by atoms with Crippen molar-refractivity contribution >= 4 is 0 Å². The molecule has 0 bridgehead atoms. The molecule has 1 rings (SSSR count). The van der Waals surface area contributed by atoms with E-state index in [9.17, 15) is 0 Å². The largest absolute Gasteiger partial charge is 1.00 e. The van der Waals surface area contributed by atoms with E-state index >= 15 is 0 Å². The summed E-state index contributed by atoms with van der Waals surface area (Å²) >= 11 is 0. The zero-order chi connectivity index (χ0) is 10.6. The molecule has 0 aliphatic rings. The van der Waals surface area contributed by atoms with Crippen LogP contribution in [0.2, 0.25) is 0 Å². The van der Waals surface area contributed by atoms with Crippen molar-refractivity contribution in [2.45, 2.75) is 13.5 Å². The minimum Gasteiger partial charge on any atom is -1.00 e. The number of rotatable bonds is 4. The molecule has 0 saturated heterocycles. The van der Waals surface area contributed by atoms with Crippen LogP contribution in [0.4, 0.5) is 0 Å². The third kappa shape index (κ3) is 5.30. The summed E-state index contributed by atoms with van der Waals surface area (Å²) in [6.07, 6.45) is 0. The molecule has 0 aliphatic heterocycles. The molecule has 0 heterocycles. The van der Waals surface area contributed by atoms with Crippen LogP contribution < -0.4 is 22.7 Å². The second kappa shape index (κ2) is 6.26. The molecule has 0 spiro atoms. The van der Waals surface area contributed by atoms with Crippen molar-refractivity contribution in [2.24, 2.45) is 5.73 Å². The fourth-order valence-corrected chi connectivity index (χ4v) is 1.62. The van der Waals surface area contributed by atoms with Gasteiger partial charge in [-0.15, -0.1) is 0 Å². The van der Waals surface area contributed by atoms with Crippen molar-refractivity contribution in [2.75, 3.05) is 27.2 Å². The lowest BCUT2D eigenvalue weighted by molar-refractivity contribution is -0.902. The number of nitrogens with two attached hydrogens (primary N) is 1. The number of likely N-dealkylation sites (N-methyl/N-ethyl adjacent to an activating group) is 1. The lowest BCUT2D eigenvalue weighted by Crippen LogP contribution is -3.00. The molecule has 0 aliphatic carbocycles. The van der Waals surface area contributed by atoms with Gasteiger partial charge in [-0.05, 0) is 6.92 Å². The first kappa shape index (κ1) is 14.6. The highest BCUT2D eigenvalue weighted by Crippen LogP contribution is 2.09. The van der Waals surface area contributed by atoms with Gasteiger partial charge in [0.15, 0.2) is 0 Å². The standard InChI is InChI=1S/C12H21N2.BrH/c1-11-4-6-12(7-5-11)10-14(2,3)9-8-13;/h4-7H,8-10,13H2,1-3H3;1H/q+1;/p-1. The lowest BCUT2D eigenvalue weighted by atomic mass is 10.1. The van der Waals surface area contributed by atoms with Gasteiger partial charge in [-0.1, -0.05) is 29.8 Å². The Morgan fingerprint density at radius 3 is 2.13 bits per heavy atom. The van der Waals surface area contributed by atoms with E-state index in [0.717, 1.165) is 24.1 Å². The molecule has 15 heavy (non-hydrogen) atoms. The average molecular weight is 273 g/mol. The average Bonchev–Trinajstić information content (AvgIpc) is 2.08. The first-order valence-electron chi connectivity index (χ1n) is 5.11. The molecule has 2 nitrogen and oxygen atoms in total. The Morgan fingerprint density at radius 2 is 1.67 bits per heavy atom. The quantitative estimate of drug-likeness (QED) is 0.666. The third-order valence-electron chi connectivity index (χ3n) is 2.47. The summed E-state index contributed by atoms with van der Waals surface area (Å²) in [7, 11) is 4.43. The molecule has 1 aromatic carbocycles. The topological polar surface area (TPSA) is 26.0 Å². The van der Waals surface area contributed by atoms with Crippen molar-refractivity contribution in [1.82, 2.24) is 0 Å². The van der Waals surface area contributed by atoms with Gasteiger partial charge in [0.2, 0.25) is 0 Å². The predicted octanol–water partition coefficient (Wildman–Crippen LogP) is -1.47. The number of aryl methyl sites for hydroxylation is 1. The Labute approximate surface area is 103 Å². The zero-order valence-electron chi connectivity index (χ0n) is 9.83. The fraction of sp³-hybridized carbons (Fsp3) is 0.500. The molecule has 0 saturated carbocycles. The summed E-state index contributed by atoms with van der Waals surface area (Å²) < 4.78 is 0.958. The van der Waals surface area contributed by atoms with Crippen molar-refractivity contribution in [3.63, 3.8) is 0 Å². The second-order valence-electron chi connectivity index (χ2n) is 4.59. The van der Waals surface area contributed by atoms with Crippen LogP contribution >= 0.6 is 0 Å². The molecule has 86 valence electrons. The van der Waals surface area contributed by atoms with E-state index in [1.54, 1.807) is 0 Å². The molecule has 2 N–H and O–H groups in total. The Morgan fingerprint density at radius 1 is 1.13 bits per heavy atom. The van der Waals surface area contributed by atoms with Crippen molar-refractivity contribution in [3.05, 3.63) is 35.4 Å².